The highest BCUT2D eigenvalue weighted by atomic mass is 16.5. The summed E-state index contributed by atoms with van der Waals surface area (Å²) in [5, 5.41) is 11.3. The van der Waals surface area contributed by atoms with Gasteiger partial charge in [-0.05, 0) is 30.2 Å². The van der Waals surface area contributed by atoms with Crippen molar-refractivity contribution in [2.45, 2.75) is 19.6 Å². The van der Waals surface area contributed by atoms with Crippen molar-refractivity contribution in [3.05, 3.63) is 101 Å². The normalized spacial score (nSPS) is 19.1. The molecule has 1 unspecified atom stereocenters. The van der Waals surface area contributed by atoms with Gasteiger partial charge in [0.25, 0.3) is 11.7 Å². The van der Waals surface area contributed by atoms with Gasteiger partial charge in [0.1, 0.15) is 12.4 Å². The lowest BCUT2D eigenvalue weighted by Gasteiger charge is -2.31. The van der Waals surface area contributed by atoms with Crippen LogP contribution in [-0.2, 0) is 20.9 Å². The van der Waals surface area contributed by atoms with Crippen LogP contribution in [0.1, 0.15) is 29.7 Å². The van der Waals surface area contributed by atoms with Crippen LogP contribution in [0.2, 0.25) is 0 Å². The molecule has 2 saturated heterocycles. The van der Waals surface area contributed by atoms with Gasteiger partial charge in [0, 0.05) is 31.7 Å². The summed E-state index contributed by atoms with van der Waals surface area (Å²) in [5.41, 5.74) is 2.23. The van der Waals surface area contributed by atoms with E-state index in [1.165, 1.54) is 0 Å². The van der Waals surface area contributed by atoms with Crippen molar-refractivity contribution >= 4 is 17.4 Å². The second-order valence-corrected chi connectivity index (χ2v) is 9.73. The Hall–Kier alpha value is -4.14. The van der Waals surface area contributed by atoms with Gasteiger partial charge in [0.05, 0.1) is 31.4 Å². The Bertz CT molecular complexity index is 1350. The van der Waals surface area contributed by atoms with E-state index in [2.05, 4.69) is 4.90 Å². The van der Waals surface area contributed by atoms with Crippen molar-refractivity contribution < 1.29 is 28.9 Å². The van der Waals surface area contributed by atoms with Crippen molar-refractivity contribution in [1.82, 2.24) is 9.80 Å². The molecule has 8 nitrogen and oxygen atoms in total. The fourth-order valence-corrected chi connectivity index (χ4v) is 5.10. The van der Waals surface area contributed by atoms with Crippen molar-refractivity contribution in [1.29, 1.82) is 0 Å². The third-order valence-electron chi connectivity index (χ3n) is 7.17. The summed E-state index contributed by atoms with van der Waals surface area (Å²) < 4.78 is 17.5. The molecule has 0 aliphatic carbocycles. The SMILES string of the molecule is CCOc1cc(C2/C(=C(\O)c3ccccc3)C(=O)C(=O)N2CCN2CCOCC2)ccc1OCc1ccccc1. The zero-order chi connectivity index (χ0) is 27.9. The number of morpholine rings is 1. The molecule has 0 bridgehead atoms. The first-order valence-electron chi connectivity index (χ1n) is 13.6. The number of ketones is 1. The van der Waals surface area contributed by atoms with Gasteiger partial charge in [-0.1, -0.05) is 66.7 Å². The van der Waals surface area contributed by atoms with Gasteiger partial charge in [0.15, 0.2) is 11.5 Å². The van der Waals surface area contributed by atoms with Crippen LogP contribution in [0.4, 0.5) is 0 Å². The molecule has 1 N–H and O–H groups in total. The van der Waals surface area contributed by atoms with Gasteiger partial charge < -0.3 is 24.2 Å². The molecule has 3 aromatic carbocycles. The maximum absolute atomic E-state index is 13.4. The standard InChI is InChI=1S/C32H34N2O6/c1-2-39-27-21-25(13-14-26(27)40-22-23-9-5-3-6-10-23)29-28(30(35)24-11-7-4-8-12-24)31(36)32(37)34(29)16-15-33-17-19-38-20-18-33/h3-14,21,29,35H,2,15-20,22H2,1H3/b30-28+. The summed E-state index contributed by atoms with van der Waals surface area (Å²) in [4.78, 5) is 30.5. The fraction of sp³-hybridized carbons (Fsp3) is 0.312. The predicted octanol–water partition coefficient (Wildman–Crippen LogP) is 4.42. The summed E-state index contributed by atoms with van der Waals surface area (Å²) in [7, 11) is 0. The quantitative estimate of drug-likeness (QED) is 0.231. The Morgan fingerprint density at radius 1 is 0.900 bits per heavy atom. The van der Waals surface area contributed by atoms with Gasteiger partial charge >= 0.3 is 0 Å². The van der Waals surface area contributed by atoms with Gasteiger partial charge in [-0.25, -0.2) is 0 Å². The van der Waals surface area contributed by atoms with Crippen LogP contribution < -0.4 is 9.47 Å². The summed E-state index contributed by atoms with van der Waals surface area (Å²) in [6, 6.07) is 23.3. The number of nitrogens with zero attached hydrogens (tertiary/aromatic N) is 2. The van der Waals surface area contributed by atoms with Crippen LogP contribution in [0.3, 0.4) is 0 Å². The molecule has 0 radical (unpaired) electrons. The fourth-order valence-electron chi connectivity index (χ4n) is 5.10. The molecule has 2 aliphatic rings. The number of amides is 1. The number of Topliss-reactive ketones (excluding diaryl/α,β-unsaturated/α-hetero) is 1. The largest absolute Gasteiger partial charge is 0.507 e. The van der Waals surface area contributed by atoms with Crippen LogP contribution in [0.25, 0.3) is 5.76 Å². The molecule has 0 saturated carbocycles. The number of aliphatic hydroxyl groups excluding tert-OH is 1. The highest BCUT2D eigenvalue weighted by molar-refractivity contribution is 6.46. The number of hydrogen-bond donors (Lipinski definition) is 1. The molecule has 0 aromatic heterocycles. The Morgan fingerprint density at radius 2 is 1.60 bits per heavy atom. The second kappa shape index (κ2) is 12.8. The average molecular weight is 543 g/mol. The molecule has 0 spiro atoms. The van der Waals surface area contributed by atoms with Gasteiger partial charge in [-0.15, -0.1) is 0 Å². The Labute approximate surface area is 234 Å². The van der Waals surface area contributed by atoms with Crippen LogP contribution in [0.5, 0.6) is 11.5 Å². The van der Waals surface area contributed by atoms with E-state index in [4.69, 9.17) is 14.2 Å². The molecule has 2 aliphatic heterocycles. The van der Waals surface area contributed by atoms with E-state index >= 15 is 0 Å². The minimum Gasteiger partial charge on any atom is -0.507 e. The smallest absolute Gasteiger partial charge is 0.295 e. The Kier molecular flexibility index (Phi) is 8.78. The monoisotopic (exact) mass is 542 g/mol. The molecule has 40 heavy (non-hydrogen) atoms. The molecular formula is C32H34N2O6. The summed E-state index contributed by atoms with van der Waals surface area (Å²) in [5.74, 6) is -0.453. The average Bonchev–Trinajstić information content (AvgIpc) is 3.25. The maximum atomic E-state index is 13.4. The number of carbonyl (C=O) groups excluding carboxylic acids is 2. The van der Waals surface area contributed by atoms with E-state index in [0.29, 0.717) is 62.1 Å². The minimum atomic E-state index is -0.774. The van der Waals surface area contributed by atoms with Crippen LogP contribution in [0.15, 0.2) is 84.4 Å². The molecule has 8 heteroatoms. The Balaban J connectivity index is 1.51. The van der Waals surface area contributed by atoms with E-state index in [0.717, 1.165) is 18.7 Å². The molecule has 5 rings (SSSR count). The predicted molar refractivity (Wildman–Crippen MR) is 151 cm³/mol. The number of ether oxygens (including phenoxy) is 3. The van der Waals surface area contributed by atoms with Crippen LogP contribution >= 0.6 is 0 Å². The lowest BCUT2D eigenvalue weighted by atomic mass is 9.95. The van der Waals surface area contributed by atoms with E-state index in [1.807, 2.05) is 49.4 Å². The third-order valence-corrected chi connectivity index (χ3v) is 7.17. The highest BCUT2D eigenvalue weighted by Gasteiger charge is 2.46. The first-order chi connectivity index (χ1) is 19.6. The van der Waals surface area contributed by atoms with E-state index in [1.54, 1.807) is 41.3 Å². The molecule has 2 fully saturated rings. The number of carbonyl (C=O) groups is 2. The maximum Gasteiger partial charge on any atom is 0.295 e. The topological polar surface area (TPSA) is 88.5 Å². The molecule has 1 amide bonds. The molecular weight excluding hydrogens is 508 g/mol. The highest BCUT2D eigenvalue weighted by Crippen LogP contribution is 2.42. The third kappa shape index (κ3) is 6.03. The molecule has 2 heterocycles. The number of hydrogen-bond acceptors (Lipinski definition) is 7. The summed E-state index contributed by atoms with van der Waals surface area (Å²) in [6.45, 7) is 6.39. The number of rotatable bonds is 10. The first kappa shape index (κ1) is 27.4. The van der Waals surface area contributed by atoms with Crippen LogP contribution in [-0.4, -0.2) is 72.6 Å². The van der Waals surface area contributed by atoms with E-state index in [-0.39, 0.29) is 11.3 Å². The second-order valence-electron chi connectivity index (χ2n) is 9.73. The summed E-state index contributed by atoms with van der Waals surface area (Å²) in [6.07, 6.45) is 0. The molecule has 208 valence electrons. The molecule has 3 aromatic rings. The lowest BCUT2D eigenvalue weighted by molar-refractivity contribution is -0.140. The van der Waals surface area contributed by atoms with Gasteiger partial charge in [0.2, 0.25) is 0 Å². The Morgan fingerprint density at radius 3 is 2.30 bits per heavy atom. The van der Waals surface area contributed by atoms with Gasteiger partial charge in [-0.3, -0.25) is 14.5 Å². The van der Waals surface area contributed by atoms with Gasteiger partial charge in [-0.2, -0.15) is 0 Å². The van der Waals surface area contributed by atoms with Crippen molar-refractivity contribution in [3.63, 3.8) is 0 Å². The number of likely N-dealkylation sites (tertiary alicyclic amines) is 1. The van der Waals surface area contributed by atoms with E-state index < -0.39 is 17.7 Å². The molecule has 1 atom stereocenters. The van der Waals surface area contributed by atoms with Crippen LogP contribution in [0, 0.1) is 0 Å². The zero-order valence-electron chi connectivity index (χ0n) is 22.6. The number of aliphatic hydroxyl groups is 1. The van der Waals surface area contributed by atoms with Crippen molar-refractivity contribution in [3.8, 4) is 11.5 Å². The lowest BCUT2D eigenvalue weighted by Crippen LogP contribution is -2.42. The van der Waals surface area contributed by atoms with Crippen molar-refractivity contribution in [2.75, 3.05) is 46.0 Å². The first-order valence-corrected chi connectivity index (χ1v) is 13.6. The number of benzene rings is 3. The summed E-state index contributed by atoms with van der Waals surface area (Å²) >= 11 is 0. The minimum absolute atomic E-state index is 0.0681. The van der Waals surface area contributed by atoms with Crippen molar-refractivity contribution in [2.24, 2.45) is 0 Å². The zero-order valence-corrected chi connectivity index (χ0v) is 22.6. The van der Waals surface area contributed by atoms with E-state index in [9.17, 15) is 14.7 Å².